The van der Waals surface area contributed by atoms with Crippen molar-refractivity contribution in [3.05, 3.63) is 12.4 Å². The zero-order valence-corrected chi connectivity index (χ0v) is 11.5. The Morgan fingerprint density at radius 2 is 2.00 bits per heavy atom. The highest BCUT2D eigenvalue weighted by Gasteiger charge is 2.19. The summed E-state index contributed by atoms with van der Waals surface area (Å²) in [6.45, 7) is 2.21. The maximum absolute atomic E-state index is 12.0. The summed E-state index contributed by atoms with van der Waals surface area (Å²) in [5, 5.41) is 2.72. The van der Waals surface area contributed by atoms with Gasteiger partial charge in [-0.1, -0.05) is 6.92 Å². The SMILES string of the molecule is CCC(COC)NS(=O)(=O)c1cnc(NC)nc1. The molecule has 8 heteroatoms. The number of sulfonamides is 1. The number of rotatable bonds is 7. The Morgan fingerprint density at radius 3 is 2.44 bits per heavy atom. The minimum absolute atomic E-state index is 0.0380. The van der Waals surface area contributed by atoms with Gasteiger partial charge >= 0.3 is 0 Å². The number of nitrogens with one attached hydrogen (secondary N) is 2. The van der Waals surface area contributed by atoms with E-state index < -0.39 is 10.0 Å². The maximum Gasteiger partial charge on any atom is 0.243 e. The molecule has 102 valence electrons. The van der Waals surface area contributed by atoms with Gasteiger partial charge in [-0.3, -0.25) is 0 Å². The molecule has 1 rings (SSSR count). The van der Waals surface area contributed by atoms with Crippen molar-refractivity contribution in [2.45, 2.75) is 24.3 Å². The van der Waals surface area contributed by atoms with Crippen molar-refractivity contribution >= 4 is 16.0 Å². The summed E-state index contributed by atoms with van der Waals surface area (Å²) >= 11 is 0. The molecule has 0 radical (unpaired) electrons. The molecule has 1 atom stereocenters. The number of anilines is 1. The number of aromatic nitrogens is 2. The molecule has 1 unspecified atom stereocenters. The highest BCUT2D eigenvalue weighted by molar-refractivity contribution is 7.89. The minimum Gasteiger partial charge on any atom is -0.383 e. The predicted octanol–water partition coefficient (Wildman–Crippen LogP) is 0.222. The van der Waals surface area contributed by atoms with Crippen molar-refractivity contribution < 1.29 is 13.2 Å². The largest absolute Gasteiger partial charge is 0.383 e. The van der Waals surface area contributed by atoms with Crippen molar-refractivity contribution in [1.82, 2.24) is 14.7 Å². The highest BCUT2D eigenvalue weighted by Crippen LogP contribution is 2.08. The van der Waals surface area contributed by atoms with Crippen LogP contribution in [0.3, 0.4) is 0 Å². The van der Waals surface area contributed by atoms with Gasteiger partial charge in [0.25, 0.3) is 0 Å². The van der Waals surface area contributed by atoms with Crippen LogP contribution in [0.25, 0.3) is 0 Å². The zero-order valence-electron chi connectivity index (χ0n) is 10.7. The van der Waals surface area contributed by atoms with Crippen molar-refractivity contribution in [3.63, 3.8) is 0 Å². The topological polar surface area (TPSA) is 93.2 Å². The molecule has 1 aromatic rings. The van der Waals surface area contributed by atoms with Gasteiger partial charge in [0.1, 0.15) is 4.90 Å². The van der Waals surface area contributed by atoms with Gasteiger partial charge in [0.2, 0.25) is 16.0 Å². The van der Waals surface area contributed by atoms with Crippen molar-refractivity contribution in [1.29, 1.82) is 0 Å². The molecular formula is C10H18N4O3S. The first kappa shape index (κ1) is 14.8. The van der Waals surface area contributed by atoms with Crippen LogP contribution in [0.4, 0.5) is 5.95 Å². The third kappa shape index (κ3) is 3.90. The number of nitrogens with zero attached hydrogens (tertiary/aromatic N) is 2. The van der Waals surface area contributed by atoms with Gasteiger partial charge in [0.15, 0.2) is 0 Å². The number of methoxy groups -OCH3 is 1. The molecule has 2 N–H and O–H groups in total. The summed E-state index contributed by atoms with van der Waals surface area (Å²) in [5.41, 5.74) is 0. The summed E-state index contributed by atoms with van der Waals surface area (Å²) < 4.78 is 31.5. The van der Waals surface area contributed by atoms with Crippen LogP contribution < -0.4 is 10.0 Å². The lowest BCUT2D eigenvalue weighted by Crippen LogP contribution is -2.37. The Bertz CT molecular complexity index is 461. The van der Waals surface area contributed by atoms with Crippen LogP contribution in [0.5, 0.6) is 0 Å². The molecule has 0 saturated heterocycles. The molecule has 0 aliphatic rings. The fourth-order valence-electron chi connectivity index (χ4n) is 1.31. The van der Waals surface area contributed by atoms with Gasteiger partial charge in [0, 0.05) is 20.2 Å². The second-order valence-electron chi connectivity index (χ2n) is 3.67. The van der Waals surface area contributed by atoms with E-state index in [0.29, 0.717) is 19.0 Å². The first-order chi connectivity index (χ1) is 8.53. The van der Waals surface area contributed by atoms with Gasteiger partial charge in [0.05, 0.1) is 19.0 Å². The fourth-order valence-corrected chi connectivity index (χ4v) is 2.50. The summed E-state index contributed by atoms with van der Waals surface area (Å²) in [5.74, 6) is 0.373. The van der Waals surface area contributed by atoms with Crippen LogP contribution in [0.2, 0.25) is 0 Å². The molecule has 0 bridgehead atoms. The lowest BCUT2D eigenvalue weighted by atomic mass is 10.3. The lowest BCUT2D eigenvalue weighted by molar-refractivity contribution is 0.173. The van der Waals surface area contributed by atoms with Gasteiger partial charge in [-0.2, -0.15) is 0 Å². The smallest absolute Gasteiger partial charge is 0.243 e. The third-order valence-electron chi connectivity index (χ3n) is 2.34. The van der Waals surface area contributed by atoms with Crippen LogP contribution in [-0.4, -0.2) is 45.2 Å². The average Bonchev–Trinajstić information content (AvgIpc) is 2.38. The van der Waals surface area contributed by atoms with E-state index >= 15 is 0 Å². The van der Waals surface area contributed by atoms with Crippen LogP contribution >= 0.6 is 0 Å². The second-order valence-corrected chi connectivity index (χ2v) is 5.39. The van der Waals surface area contributed by atoms with E-state index in [1.54, 1.807) is 7.05 Å². The second kappa shape index (κ2) is 6.62. The zero-order chi connectivity index (χ0) is 13.6. The Morgan fingerprint density at radius 1 is 1.39 bits per heavy atom. The highest BCUT2D eigenvalue weighted by atomic mass is 32.2. The van der Waals surface area contributed by atoms with Gasteiger partial charge in [-0.25, -0.2) is 23.1 Å². The van der Waals surface area contributed by atoms with Gasteiger partial charge in [-0.05, 0) is 6.42 Å². The molecule has 0 aliphatic heterocycles. The lowest BCUT2D eigenvalue weighted by Gasteiger charge is -2.15. The standard InChI is InChI=1S/C10H18N4O3S/c1-4-8(7-17-3)14-18(15,16)9-5-12-10(11-2)13-6-9/h5-6,8,14H,4,7H2,1-3H3,(H,11,12,13). The average molecular weight is 274 g/mol. The maximum atomic E-state index is 12.0. The Labute approximate surface area is 107 Å². The van der Waals surface area contributed by atoms with E-state index in [9.17, 15) is 8.42 Å². The first-order valence-corrected chi connectivity index (χ1v) is 7.02. The van der Waals surface area contributed by atoms with Gasteiger partial charge < -0.3 is 10.1 Å². The molecule has 1 heterocycles. The Hall–Kier alpha value is -1.25. The van der Waals surface area contributed by atoms with E-state index in [0.717, 1.165) is 0 Å². The summed E-state index contributed by atoms with van der Waals surface area (Å²) in [7, 11) is -0.412. The Kier molecular flexibility index (Phi) is 5.45. The molecule has 0 fully saturated rings. The van der Waals surface area contributed by atoms with E-state index in [1.807, 2.05) is 6.92 Å². The quantitative estimate of drug-likeness (QED) is 0.739. The van der Waals surface area contributed by atoms with Crippen LogP contribution in [-0.2, 0) is 14.8 Å². The fraction of sp³-hybridized carbons (Fsp3) is 0.600. The molecular weight excluding hydrogens is 256 g/mol. The van der Waals surface area contributed by atoms with E-state index in [-0.39, 0.29) is 10.9 Å². The van der Waals surface area contributed by atoms with Crippen LogP contribution in [0, 0.1) is 0 Å². The molecule has 0 aromatic carbocycles. The first-order valence-electron chi connectivity index (χ1n) is 5.54. The summed E-state index contributed by atoms with van der Waals surface area (Å²) in [6, 6.07) is -0.260. The predicted molar refractivity (Wildman–Crippen MR) is 67.9 cm³/mol. The summed E-state index contributed by atoms with van der Waals surface area (Å²) in [6.07, 6.45) is 3.17. The summed E-state index contributed by atoms with van der Waals surface area (Å²) in [4.78, 5) is 7.78. The van der Waals surface area contributed by atoms with Crippen LogP contribution in [0.1, 0.15) is 13.3 Å². The Balaban J connectivity index is 2.84. The van der Waals surface area contributed by atoms with Crippen LogP contribution in [0.15, 0.2) is 17.3 Å². The minimum atomic E-state index is -3.60. The number of ether oxygens (including phenoxy) is 1. The molecule has 18 heavy (non-hydrogen) atoms. The van der Waals surface area contributed by atoms with E-state index in [4.69, 9.17) is 4.74 Å². The monoisotopic (exact) mass is 274 g/mol. The molecule has 0 amide bonds. The molecule has 0 aliphatic carbocycles. The van der Waals surface area contributed by atoms with E-state index in [1.165, 1.54) is 19.5 Å². The number of hydrogen-bond donors (Lipinski definition) is 2. The normalized spacial score (nSPS) is 13.3. The van der Waals surface area contributed by atoms with Crippen molar-refractivity contribution in [2.75, 3.05) is 26.1 Å². The molecule has 0 spiro atoms. The third-order valence-corrected chi connectivity index (χ3v) is 3.82. The van der Waals surface area contributed by atoms with Crippen molar-refractivity contribution in [3.8, 4) is 0 Å². The van der Waals surface area contributed by atoms with Crippen molar-refractivity contribution in [2.24, 2.45) is 0 Å². The van der Waals surface area contributed by atoms with E-state index in [2.05, 4.69) is 20.0 Å². The molecule has 0 saturated carbocycles. The number of hydrogen-bond acceptors (Lipinski definition) is 6. The molecule has 1 aromatic heterocycles. The van der Waals surface area contributed by atoms with Gasteiger partial charge in [-0.15, -0.1) is 0 Å². The molecule has 7 nitrogen and oxygen atoms in total.